The van der Waals surface area contributed by atoms with Crippen LogP contribution in [0.15, 0.2) is 36.9 Å². The minimum Gasteiger partial charge on any atom is -0.497 e. The molecular formula is C18H22N2O3. The summed E-state index contributed by atoms with van der Waals surface area (Å²) in [7, 11) is 1.63. The Labute approximate surface area is 136 Å². The second-order valence-electron chi connectivity index (χ2n) is 6.70. The molecule has 1 aromatic carbocycles. The monoisotopic (exact) mass is 314 g/mol. The lowest BCUT2D eigenvalue weighted by Crippen LogP contribution is -2.45. The number of carbonyl (C=O) groups excluding carboxylic acids is 1. The van der Waals surface area contributed by atoms with E-state index in [0.717, 1.165) is 16.7 Å². The van der Waals surface area contributed by atoms with Crippen molar-refractivity contribution in [2.24, 2.45) is 0 Å². The van der Waals surface area contributed by atoms with Crippen LogP contribution in [0.25, 0.3) is 10.9 Å². The van der Waals surface area contributed by atoms with Crippen molar-refractivity contribution in [1.29, 1.82) is 0 Å². The molecule has 1 aliphatic rings. The molecule has 5 heteroatoms. The molecule has 0 radical (unpaired) electrons. The minimum atomic E-state index is -0.432. The first kappa shape index (κ1) is 15.6. The first-order chi connectivity index (χ1) is 10.8. The number of methoxy groups -OCH3 is 1. The highest BCUT2D eigenvalue weighted by molar-refractivity contribution is 5.99. The number of carbonyl (C=O) groups is 1. The fourth-order valence-electron chi connectivity index (χ4n) is 2.91. The Morgan fingerprint density at radius 1 is 1.30 bits per heavy atom. The SMILES string of the molecule is C=CC1CN(OC(C)(C)C)C(=O)c2cc3cc(OC)ccc3n21. The Morgan fingerprint density at radius 2 is 2.04 bits per heavy atom. The summed E-state index contributed by atoms with van der Waals surface area (Å²) in [4.78, 5) is 18.6. The molecule has 1 amide bonds. The Balaban J connectivity index is 2.11. The normalized spacial score (nSPS) is 18.2. The van der Waals surface area contributed by atoms with Gasteiger partial charge in [0.1, 0.15) is 11.4 Å². The van der Waals surface area contributed by atoms with Gasteiger partial charge in [0.2, 0.25) is 0 Å². The number of nitrogens with zero attached hydrogens (tertiary/aromatic N) is 2. The smallest absolute Gasteiger partial charge is 0.294 e. The van der Waals surface area contributed by atoms with Crippen molar-refractivity contribution in [3.8, 4) is 5.75 Å². The van der Waals surface area contributed by atoms with Gasteiger partial charge in [-0.1, -0.05) is 6.08 Å². The predicted molar refractivity (Wildman–Crippen MR) is 89.6 cm³/mol. The molecule has 2 aromatic rings. The van der Waals surface area contributed by atoms with Gasteiger partial charge in [0.25, 0.3) is 5.91 Å². The number of hydroxylamine groups is 2. The largest absolute Gasteiger partial charge is 0.497 e. The summed E-state index contributed by atoms with van der Waals surface area (Å²) >= 11 is 0. The lowest BCUT2D eigenvalue weighted by Gasteiger charge is -2.36. The lowest BCUT2D eigenvalue weighted by atomic mass is 10.2. The number of rotatable bonds is 3. The van der Waals surface area contributed by atoms with E-state index in [1.807, 2.05) is 55.7 Å². The van der Waals surface area contributed by atoms with Gasteiger partial charge >= 0.3 is 0 Å². The molecule has 1 aliphatic heterocycles. The number of benzene rings is 1. The molecule has 1 unspecified atom stereocenters. The van der Waals surface area contributed by atoms with Crippen LogP contribution in [0.3, 0.4) is 0 Å². The van der Waals surface area contributed by atoms with Crippen molar-refractivity contribution < 1.29 is 14.4 Å². The van der Waals surface area contributed by atoms with E-state index >= 15 is 0 Å². The predicted octanol–water partition coefficient (Wildman–Crippen LogP) is 3.56. The molecule has 23 heavy (non-hydrogen) atoms. The molecule has 0 fully saturated rings. The molecule has 1 aromatic heterocycles. The zero-order chi connectivity index (χ0) is 16.8. The molecule has 0 aliphatic carbocycles. The van der Waals surface area contributed by atoms with Crippen molar-refractivity contribution in [3.63, 3.8) is 0 Å². The lowest BCUT2D eigenvalue weighted by molar-refractivity contribution is -0.201. The topological polar surface area (TPSA) is 43.7 Å². The number of fused-ring (bicyclic) bond motifs is 3. The second kappa shape index (κ2) is 5.42. The molecule has 0 bridgehead atoms. The molecule has 2 heterocycles. The zero-order valence-corrected chi connectivity index (χ0v) is 14.0. The van der Waals surface area contributed by atoms with Gasteiger partial charge in [0.15, 0.2) is 0 Å². The first-order valence-corrected chi connectivity index (χ1v) is 7.66. The molecule has 0 N–H and O–H groups in total. The fraction of sp³-hybridized carbons (Fsp3) is 0.389. The van der Waals surface area contributed by atoms with Gasteiger partial charge in [-0.25, -0.2) is 5.06 Å². The Hall–Kier alpha value is -2.27. The Kier molecular flexibility index (Phi) is 3.68. The molecule has 122 valence electrons. The molecule has 0 spiro atoms. The second-order valence-corrected chi connectivity index (χ2v) is 6.70. The zero-order valence-electron chi connectivity index (χ0n) is 14.0. The number of ether oxygens (including phenoxy) is 1. The third-order valence-electron chi connectivity index (χ3n) is 3.83. The molecule has 0 saturated heterocycles. The summed E-state index contributed by atoms with van der Waals surface area (Å²) in [6.45, 7) is 10.2. The van der Waals surface area contributed by atoms with Crippen LogP contribution in [0.1, 0.15) is 37.3 Å². The maximum absolute atomic E-state index is 12.8. The van der Waals surface area contributed by atoms with Crippen molar-refractivity contribution in [2.45, 2.75) is 32.4 Å². The van der Waals surface area contributed by atoms with Crippen LogP contribution in [-0.4, -0.2) is 34.8 Å². The summed E-state index contributed by atoms with van der Waals surface area (Å²) in [6.07, 6.45) is 1.85. The van der Waals surface area contributed by atoms with Gasteiger partial charge in [0.05, 0.1) is 25.3 Å². The first-order valence-electron chi connectivity index (χ1n) is 7.66. The highest BCUT2D eigenvalue weighted by Gasteiger charge is 2.34. The highest BCUT2D eigenvalue weighted by Crippen LogP contribution is 2.33. The third kappa shape index (κ3) is 2.72. The summed E-state index contributed by atoms with van der Waals surface area (Å²) in [5.41, 5.74) is 1.17. The van der Waals surface area contributed by atoms with Gasteiger partial charge in [-0.3, -0.25) is 9.63 Å². The van der Waals surface area contributed by atoms with Crippen LogP contribution in [0, 0.1) is 0 Å². The van der Waals surface area contributed by atoms with E-state index in [9.17, 15) is 4.79 Å². The van der Waals surface area contributed by atoms with E-state index in [-0.39, 0.29) is 11.9 Å². The quantitative estimate of drug-likeness (QED) is 0.814. The molecule has 0 saturated carbocycles. The van der Waals surface area contributed by atoms with Crippen LogP contribution in [0.2, 0.25) is 0 Å². The maximum Gasteiger partial charge on any atom is 0.294 e. The molecule has 1 atom stereocenters. The number of aromatic nitrogens is 1. The molecule has 3 rings (SSSR count). The standard InChI is InChI=1S/C18H22N2O3/c1-6-13-11-19(23-18(2,3)4)17(21)16-10-12-9-14(22-5)7-8-15(12)20(13)16/h6-10,13H,1,11H2,2-5H3. The number of hydrogen-bond acceptors (Lipinski definition) is 3. The third-order valence-corrected chi connectivity index (χ3v) is 3.83. The van der Waals surface area contributed by atoms with E-state index in [0.29, 0.717) is 12.2 Å². The van der Waals surface area contributed by atoms with Crippen molar-refractivity contribution in [3.05, 3.63) is 42.6 Å². The van der Waals surface area contributed by atoms with Gasteiger partial charge < -0.3 is 9.30 Å². The van der Waals surface area contributed by atoms with Crippen LogP contribution < -0.4 is 4.74 Å². The average molecular weight is 314 g/mol. The van der Waals surface area contributed by atoms with Crippen LogP contribution in [0.4, 0.5) is 0 Å². The van der Waals surface area contributed by atoms with E-state index in [1.165, 1.54) is 5.06 Å². The van der Waals surface area contributed by atoms with Crippen molar-refractivity contribution in [1.82, 2.24) is 9.63 Å². The summed E-state index contributed by atoms with van der Waals surface area (Å²) in [5, 5.41) is 2.41. The van der Waals surface area contributed by atoms with E-state index < -0.39 is 5.60 Å². The summed E-state index contributed by atoms with van der Waals surface area (Å²) in [5.74, 6) is 0.638. The minimum absolute atomic E-state index is 0.0315. The van der Waals surface area contributed by atoms with Crippen molar-refractivity contribution >= 4 is 16.8 Å². The summed E-state index contributed by atoms with van der Waals surface area (Å²) < 4.78 is 7.29. The number of hydrogen-bond donors (Lipinski definition) is 0. The molecular weight excluding hydrogens is 292 g/mol. The average Bonchev–Trinajstić information content (AvgIpc) is 2.87. The van der Waals surface area contributed by atoms with Gasteiger partial charge in [-0.2, -0.15) is 0 Å². The maximum atomic E-state index is 12.8. The van der Waals surface area contributed by atoms with Crippen LogP contribution in [0.5, 0.6) is 5.75 Å². The van der Waals surface area contributed by atoms with Gasteiger partial charge in [-0.15, -0.1) is 6.58 Å². The summed E-state index contributed by atoms with van der Waals surface area (Å²) in [6, 6.07) is 7.66. The fourth-order valence-corrected chi connectivity index (χ4v) is 2.91. The van der Waals surface area contributed by atoms with E-state index in [1.54, 1.807) is 7.11 Å². The van der Waals surface area contributed by atoms with Gasteiger partial charge in [0, 0.05) is 10.9 Å². The highest BCUT2D eigenvalue weighted by atomic mass is 16.7. The van der Waals surface area contributed by atoms with Gasteiger partial charge in [-0.05, 0) is 45.0 Å². The molecule has 5 nitrogen and oxygen atoms in total. The van der Waals surface area contributed by atoms with Crippen molar-refractivity contribution in [2.75, 3.05) is 13.7 Å². The van der Waals surface area contributed by atoms with E-state index in [2.05, 4.69) is 6.58 Å². The Morgan fingerprint density at radius 3 is 2.65 bits per heavy atom. The van der Waals surface area contributed by atoms with Crippen LogP contribution in [-0.2, 0) is 4.84 Å². The van der Waals surface area contributed by atoms with Crippen LogP contribution >= 0.6 is 0 Å². The number of amides is 1. The Bertz CT molecular complexity index is 770. The van der Waals surface area contributed by atoms with E-state index in [4.69, 9.17) is 9.57 Å².